The second kappa shape index (κ2) is 5.58. The number of halogens is 1. The van der Waals surface area contributed by atoms with Crippen LogP contribution >= 0.6 is 11.6 Å². The van der Waals surface area contributed by atoms with Crippen molar-refractivity contribution in [2.75, 3.05) is 13.1 Å². The van der Waals surface area contributed by atoms with Crippen molar-refractivity contribution in [2.45, 2.75) is 38.6 Å². The van der Waals surface area contributed by atoms with Gasteiger partial charge >= 0.3 is 0 Å². The maximum absolute atomic E-state index is 6.14. The van der Waals surface area contributed by atoms with E-state index in [2.05, 4.69) is 16.0 Å². The van der Waals surface area contributed by atoms with Crippen LogP contribution in [-0.4, -0.2) is 23.0 Å². The van der Waals surface area contributed by atoms with Crippen LogP contribution < -0.4 is 0 Å². The molecular weight excluding hydrogens is 244 g/mol. The lowest BCUT2D eigenvalue weighted by Gasteiger charge is -2.41. The molecule has 0 amide bonds. The third-order valence-corrected chi connectivity index (χ3v) is 4.95. The summed E-state index contributed by atoms with van der Waals surface area (Å²) in [7, 11) is 0. The Balaban J connectivity index is 1.63. The maximum atomic E-state index is 6.14. The first kappa shape index (κ1) is 12.4. The van der Waals surface area contributed by atoms with Crippen LogP contribution in [0.3, 0.4) is 0 Å². The van der Waals surface area contributed by atoms with Crippen molar-refractivity contribution < 1.29 is 0 Å². The second-order valence-corrected chi connectivity index (χ2v) is 6.14. The molecule has 1 aromatic rings. The van der Waals surface area contributed by atoms with E-state index in [1.165, 1.54) is 50.8 Å². The van der Waals surface area contributed by atoms with Gasteiger partial charge in [0, 0.05) is 24.8 Å². The highest BCUT2D eigenvalue weighted by molar-refractivity contribution is 6.30. The third kappa shape index (κ3) is 2.70. The minimum absolute atomic E-state index is 0.670. The van der Waals surface area contributed by atoms with E-state index in [0.29, 0.717) is 5.15 Å². The highest BCUT2D eigenvalue weighted by Crippen LogP contribution is 2.36. The Bertz CT molecular complexity index is 407. The molecule has 2 heterocycles. The van der Waals surface area contributed by atoms with Crippen molar-refractivity contribution in [3.05, 3.63) is 29.0 Å². The van der Waals surface area contributed by atoms with E-state index in [9.17, 15) is 0 Å². The van der Waals surface area contributed by atoms with Crippen LogP contribution in [0.15, 0.2) is 18.3 Å². The van der Waals surface area contributed by atoms with Gasteiger partial charge in [-0.05, 0) is 37.3 Å². The van der Waals surface area contributed by atoms with E-state index in [1.807, 2.05) is 6.07 Å². The van der Waals surface area contributed by atoms with Crippen LogP contribution in [0.5, 0.6) is 0 Å². The average Bonchev–Trinajstić information content (AvgIpc) is 2.41. The van der Waals surface area contributed by atoms with Gasteiger partial charge in [-0.1, -0.05) is 36.9 Å². The smallest absolute Gasteiger partial charge is 0.133 e. The Morgan fingerprint density at radius 3 is 2.89 bits per heavy atom. The van der Waals surface area contributed by atoms with Gasteiger partial charge in [-0.3, -0.25) is 4.90 Å². The second-order valence-electron chi connectivity index (χ2n) is 5.78. The lowest BCUT2D eigenvalue weighted by Crippen LogP contribution is -2.41. The first-order chi connectivity index (χ1) is 8.83. The molecule has 98 valence electrons. The summed E-state index contributed by atoms with van der Waals surface area (Å²) < 4.78 is 0. The van der Waals surface area contributed by atoms with Crippen LogP contribution in [-0.2, 0) is 6.54 Å². The van der Waals surface area contributed by atoms with Crippen LogP contribution in [0.2, 0.25) is 5.15 Å². The lowest BCUT2D eigenvalue weighted by molar-refractivity contribution is 0.0820. The monoisotopic (exact) mass is 264 g/mol. The average molecular weight is 265 g/mol. The van der Waals surface area contributed by atoms with Crippen molar-refractivity contribution in [2.24, 2.45) is 11.8 Å². The normalized spacial score (nSPS) is 28.9. The molecule has 3 heteroatoms. The highest BCUT2D eigenvalue weighted by Gasteiger charge is 2.31. The quantitative estimate of drug-likeness (QED) is 0.757. The van der Waals surface area contributed by atoms with Gasteiger partial charge < -0.3 is 0 Å². The molecule has 0 radical (unpaired) electrons. The Morgan fingerprint density at radius 1 is 1.22 bits per heavy atom. The summed E-state index contributed by atoms with van der Waals surface area (Å²) in [6.07, 6.45) is 8.92. The highest BCUT2D eigenvalue weighted by atomic mass is 35.5. The van der Waals surface area contributed by atoms with Gasteiger partial charge in [0.15, 0.2) is 0 Å². The number of piperidine rings is 1. The number of fused-ring (bicyclic) bond motifs is 1. The Labute approximate surface area is 114 Å². The number of hydrogen-bond acceptors (Lipinski definition) is 2. The summed E-state index contributed by atoms with van der Waals surface area (Å²) >= 11 is 6.14. The fourth-order valence-corrected chi connectivity index (χ4v) is 3.78. The van der Waals surface area contributed by atoms with Crippen LogP contribution in [0.1, 0.15) is 37.7 Å². The van der Waals surface area contributed by atoms with E-state index >= 15 is 0 Å². The van der Waals surface area contributed by atoms with Gasteiger partial charge in [0.1, 0.15) is 5.15 Å². The molecule has 0 aromatic carbocycles. The van der Waals surface area contributed by atoms with E-state index in [0.717, 1.165) is 18.4 Å². The van der Waals surface area contributed by atoms with E-state index in [4.69, 9.17) is 11.6 Å². The first-order valence-corrected chi connectivity index (χ1v) is 7.52. The lowest BCUT2D eigenvalue weighted by atomic mass is 9.75. The topological polar surface area (TPSA) is 16.1 Å². The zero-order chi connectivity index (χ0) is 12.4. The summed E-state index contributed by atoms with van der Waals surface area (Å²) in [6, 6.07) is 4.08. The molecule has 3 rings (SSSR count). The molecule has 1 aliphatic carbocycles. The number of pyridine rings is 1. The molecule has 2 unspecified atom stereocenters. The first-order valence-electron chi connectivity index (χ1n) is 7.14. The van der Waals surface area contributed by atoms with Crippen molar-refractivity contribution in [3.63, 3.8) is 0 Å². The van der Waals surface area contributed by atoms with Crippen LogP contribution in [0.25, 0.3) is 0 Å². The molecule has 0 N–H and O–H groups in total. The third-order valence-electron chi connectivity index (χ3n) is 4.61. The number of rotatable bonds is 2. The molecule has 1 aliphatic heterocycles. The van der Waals surface area contributed by atoms with Gasteiger partial charge in [-0.25, -0.2) is 4.98 Å². The summed E-state index contributed by atoms with van der Waals surface area (Å²) in [5, 5.41) is 0.670. The molecule has 2 fully saturated rings. The Kier molecular flexibility index (Phi) is 3.86. The number of likely N-dealkylation sites (tertiary alicyclic amines) is 1. The molecule has 18 heavy (non-hydrogen) atoms. The van der Waals surface area contributed by atoms with Crippen molar-refractivity contribution in [1.82, 2.24) is 9.88 Å². The molecule has 1 saturated carbocycles. The van der Waals surface area contributed by atoms with Crippen molar-refractivity contribution in [3.8, 4) is 0 Å². The van der Waals surface area contributed by atoms with E-state index in [-0.39, 0.29) is 0 Å². The van der Waals surface area contributed by atoms with Crippen molar-refractivity contribution >= 4 is 11.6 Å². The minimum atomic E-state index is 0.670. The summed E-state index contributed by atoms with van der Waals surface area (Å²) in [4.78, 5) is 6.73. The zero-order valence-corrected chi connectivity index (χ0v) is 11.6. The number of nitrogens with zero attached hydrogens (tertiary/aromatic N) is 2. The summed E-state index contributed by atoms with van der Waals surface area (Å²) in [6.45, 7) is 3.46. The summed E-state index contributed by atoms with van der Waals surface area (Å²) in [5.41, 5.74) is 1.17. The Hall–Kier alpha value is -0.600. The fraction of sp³-hybridized carbons (Fsp3) is 0.667. The molecule has 0 bridgehead atoms. The van der Waals surface area contributed by atoms with Gasteiger partial charge in [-0.2, -0.15) is 0 Å². The molecule has 2 nitrogen and oxygen atoms in total. The molecule has 1 aromatic heterocycles. The Morgan fingerprint density at radius 2 is 2.06 bits per heavy atom. The number of hydrogen-bond donors (Lipinski definition) is 0. The predicted octanol–water partition coefficient (Wildman–Crippen LogP) is 3.75. The number of aromatic nitrogens is 1. The van der Waals surface area contributed by atoms with Gasteiger partial charge in [0.2, 0.25) is 0 Å². The molecule has 0 spiro atoms. The maximum Gasteiger partial charge on any atom is 0.133 e. The van der Waals surface area contributed by atoms with Gasteiger partial charge in [-0.15, -0.1) is 0 Å². The largest absolute Gasteiger partial charge is 0.299 e. The summed E-state index contributed by atoms with van der Waals surface area (Å²) in [5.74, 6) is 1.93. The molecule has 2 aliphatic rings. The van der Waals surface area contributed by atoms with E-state index < -0.39 is 0 Å². The van der Waals surface area contributed by atoms with Crippen LogP contribution in [0.4, 0.5) is 0 Å². The minimum Gasteiger partial charge on any atom is -0.299 e. The molecular formula is C15H21ClN2. The van der Waals surface area contributed by atoms with Gasteiger partial charge in [0.25, 0.3) is 0 Å². The van der Waals surface area contributed by atoms with Gasteiger partial charge in [0.05, 0.1) is 0 Å². The zero-order valence-electron chi connectivity index (χ0n) is 10.8. The molecule has 1 saturated heterocycles. The van der Waals surface area contributed by atoms with E-state index in [1.54, 1.807) is 6.20 Å². The fourth-order valence-electron chi connectivity index (χ4n) is 3.60. The van der Waals surface area contributed by atoms with Crippen LogP contribution in [0, 0.1) is 11.8 Å². The SMILES string of the molecule is Clc1ncccc1CN1CCC2CCCCC2C1. The van der Waals surface area contributed by atoms with Crippen molar-refractivity contribution in [1.29, 1.82) is 0 Å². The molecule has 2 atom stereocenters. The standard InChI is InChI=1S/C15H21ClN2/c16-15-14(6-3-8-17-15)11-18-9-7-12-4-1-2-5-13(12)10-18/h3,6,8,12-13H,1-2,4-5,7,9-11H2. The predicted molar refractivity (Wildman–Crippen MR) is 74.6 cm³/mol.